The van der Waals surface area contributed by atoms with Gasteiger partial charge in [-0.2, -0.15) is 0 Å². The van der Waals surface area contributed by atoms with Crippen LogP contribution in [0.5, 0.6) is 0 Å². The van der Waals surface area contributed by atoms with Gasteiger partial charge < -0.3 is 15.1 Å². The molecule has 2 amide bonds. The minimum absolute atomic E-state index is 0.0644. The average Bonchev–Trinajstić information content (AvgIpc) is 2.79. The van der Waals surface area contributed by atoms with Crippen LogP contribution in [0.3, 0.4) is 0 Å². The fourth-order valence-corrected chi connectivity index (χ4v) is 4.07. The summed E-state index contributed by atoms with van der Waals surface area (Å²) in [5.74, 6) is 0.161. The number of rotatable bonds is 2. The second kappa shape index (κ2) is 5.39. The number of carbonyl (C=O) groups is 2. The lowest BCUT2D eigenvalue weighted by atomic mass is 10.0. The van der Waals surface area contributed by atoms with Crippen LogP contribution in [0.15, 0.2) is 24.3 Å². The summed E-state index contributed by atoms with van der Waals surface area (Å²) in [5, 5.41) is 3.39. The smallest absolute Gasteiger partial charge is 0.243 e. The first-order valence-electron chi connectivity index (χ1n) is 8.14. The van der Waals surface area contributed by atoms with Gasteiger partial charge in [-0.25, -0.2) is 0 Å². The van der Waals surface area contributed by atoms with E-state index in [-0.39, 0.29) is 18.4 Å². The molecule has 2 bridgehead atoms. The van der Waals surface area contributed by atoms with Gasteiger partial charge in [0.1, 0.15) is 6.54 Å². The third kappa shape index (κ3) is 2.20. The van der Waals surface area contributed by atoms with Crippen LogP contribution in [0.25, 0.3) is 0 Å². The van der Waals surface area contributed by atoms with Gasteiger partial charge in [0.15, 0.2) is 0 Å². The second-order valence-electron chi connectivity index (χ2n) is 6.45. The summed E-state index contributed by atoms with van der Waals surface area (Å²) in [6, 6.07) is 8.54. The SMILES string of the molecule is O=C1CCc2ccccc2N1CC(=O)N1[C@@H]2CC[C@H]1CNC2. The van der Waals surface area contributed by atoms with Gasteiger partial charge in [-0.3, -0.25) is 9.59 Å². The predicted octanol–water partition coefficient (Wildman–Crippen LogP) is 0.929. The van der Waals surface area contributed by atoms with Gasteiger partial charge in [0.2, 0.25) is 11.8 Å². The molecule has 0 saturated carbocycles. The van der Waals surface area contributed by atoms with E-state index in [1.165, 1.54) is 0 Å². The number of benzene rings is 1. The number of hydrogen-bond donors (Lipinski definition) is 1. The van der Waals surface area contributed by atoms with Gasteiger partial charge >= 0.3 is 0 Å². The first-order valence-corrected chi connectivity index (χ1v) is 8.14. The van der Waals surface area contributed by atoms with Crippen molar-refractivity contribution in [2.45, 2.75) is 37.8 Å². The molecule has 0 spiro atoms. The van der Waals surface area contributed by atoms with Crippen LogP contribution in [0, 0.1) is 0 Å². The summed E-state index contributed by atoms with van der Waals surface area (Å²) < 4.78 is 0. The molecule has 116 valence electrons. The molecule has 0 aromatic heterocycles. The highest BCUT2D eigenvalue weighted by atomic mass is 16.2. The molecule has 2 saturated heterocycles. The van der Waals surface area contributed by atoms with Crippen molar-refractivity contribution in [3.63, 3.8) is 0 Å². The van der Waals surface area contributed by atoms with E-state index in [4.69, 9.17) is 0 Å². The molecule has 22 heavy (non-hydrogen) atoms. The van der Waals surface area contributed by atoms with E-state index in [0.29, 0.717) is 18.5 Å². The summed E-state index contributed by atoms with van der Waals surface area (Å²) in [4.78, 5) is 28.8. The molecule has 0 aliphatic carbocycles. The molecular weight excluding hydrogens is 278 g/mol. The van der Waals surface area contributed by atoms with Gasteiger partial charge in [-0.05, 0) is 30.9 Å². The Morgan fingerprint density at radius 2 is 1.86 bits per heavy atom. The van der Waals surface area contributed by atoms with Crippen molar-refractivity contribution >= 4 is 17.5 Å². The van der Waals surface area contributed by atoms with Crippen LogP contribution in [0.2, 0.25) is 0 Å². The Kier molecular flexibility index (Phi) is 3.37. The van der Waals surface area contributed by atoms with Crippen LogP contribution in [-0.2, 0) is 16.0 Å². The lowest BCUT2D eigenvalue weighted by Gasteiger charge is -2.37. The Hall–Kier alpha value is -1.88. The maximum atomic E-state index is 12.8. The number of piperazine rings is 1. The van der Waals surface area contributed by atoms with E-state index >= 15 is 0 Å². The van der Waals surface area contributed by atoms with E-state index in [1.807, 2.05) is 29.2 Å². The largest absolute Gasteiger partial charge is 0.333 e. The van der Waals surface area contributed by atoms with Crippen molar-refractivity contribution in [1.29, 1.82) is 0 Å². The van der Waals surface area contributed by atoms with Gasteiger partial charge in [-0.15, -0.1) is 0 Å². The molecule has 3 aliphatic heterocycles. The standard InChI is InChI=1S/C17H21N3O2/c21-16-8-5-12-3-1-2-4-15(12)19(16)11-17(22)20-13-6-7-14(20)10-18-9-13/h1-4,13-14,18H,5-11H2/t13-,14+. The molecule has 0 unspecified atom stereocenters. The number of amides is 2. The minimum Gasteiger partial charge on any atom is -0.333 e. The highest BCUT2D eigenvalue weighted by molar-refractivity contribution is 6.01. The Morgan fingerprint density at radius 3 is 2.64 bits per heavy atom. The molecule has 1 aromatic rings. The number of hydrogen-bond acceptors (Lipinski definition) is 3. The molecule has 1 N–H and O–H groups in total. The van der Waals surface area contributed by atoms with E-state index in [9.17, 15) is 9.59 Å². The zero-order valence-electron chi connectivity index (χ0n) is 12.6. The zero-order valence-corrected chi connectivity index (χ0v) is 12.6. The number of nitrogens with one attached hydrogen (secondary N) is 1. The molecule has 3 heterocycles. The first-order chi connectivity index (χ1) is 10.7. The average molecular weight is 299 g/mol. The van der Waals surface area contributed by atoms with Gasteiger partial charge in [0, 0.05) is 37.3 Å². The molecular formula is C17H21N3O2. The quantitative estimate of drug-likeness (QED) is 0.884. The number of aryl methyl sites for hydroxylation is 1. The fourth-order valence-electron chi connectivity index (χ4n) is 4.07. The third-order valence-electron chi connectivity index (χ3n) is 5.15. The van der Waals surface area contributed by atoms with Crippen molar-refractivity contribution < 1.29 is 9.59 Å². The maximum absolute atomic E-state index is 12.8. The summed E-state index contributed by atoms with van der Waals surface area (Å²) in [6.07, 6.45) is 3.43. The Bertz CT molecular complexity index is 600. The summed E-state index contributed by atoms with van der Waals surface area (Å²) in [7, 11) is 0. The Labute approximate surface area is 130 Å². The first kappa shape index (κ1) is 13.8. The molecule has 3 aliphatic rings. The topological polar surface area (TPSA) is 52.7 Å². The monoisotopic (exact) mass is 299 g/mol. The van der Waals surface area contributed by atoms with Crippen LogP contribution in [0.1, 0.15) is 24.8 Å². The van der Waals surface area contributed by atoms with Crippen LogP contribution < -0.4 is 10.2 Å². The van der Waals surface area contributed by atoms with E-state index in [2.05, 4.69) is 5.32 Å². The Balaban J connectivity index is 1.56. The highest BCUT2D eigenvalue weighted by Gasteiger charge is 2.40. The highest BCUT2D eigenvalue weighted by Crippen LogP contribution is 2.30. The van der Waals surface area contributed by atoms with Crippen LogP contribution in [-0.4, -0.2) is 48.4 Å². The van der Waals surface area contributed by atoms with Gasteiger partial charge in [-0.1, -0.05) is 18.2 Å². The van der Waals surface area contributed by atoms with Crippen molar-refractivity contribution in [3.05, 3.63) is 29.8 Å². The number of para-hydroxylation sites is 1. The molecule has 0 radical (unpaired) electrons. The van der Waals surface area contributed by atoms with Crippen molar-refractivity contribution in [2.75, 3.05) is 24.5 Å². The van der Waals surface area contributed by atoms with Gasteiger partial charge in [0.25, 0.3) is 0 Å². The molecule has 4 rings (SSSR count). The lowest BCUT2D eigenvalue weighted by Crippen LogP contribution is -2.57. The molecule has 2 atom stereocenters. The summed E-state index contributed by atoms with van der Waals surface area (Å²) in [6.45, 7) is 1.95. The van der Waals surface area contributed by atoms with E-state index in [1.54, 1.807) is 4.90 Å². The van der Waals surface area contributed by atoms with Crippen LogP contribution in [0.4, 0.5) is 5.69 Å². The third-order valence-corrected chi connectivity index (χ3v) is 5.15. The summed E-state index contributed by atoms with van der Waals surface area (Å²) >= 11 is 0. The normalized spacial score (nSPS) is 27.0. The van der Waals surface area contributed by atoms with E-state index < -0.39 is 0 Å². The van der Waals surface area contributed by atoms with Crippen molar-refractivity contribution in [3.8, 4) is 0 Å². The number of anilines is 1. The zero-order chi connectivity index (χ0) is 15.1. The second-order valence-corrected chi connectivity index (χ2v) is 6.45. The molecule has 5 nitrogen and oxygen atoms in total. The fraction of sp³-hybridized carbons (Fsp3) is 0.529. The Morgan fingerprint density at radius 1 is 1.14 bits per heavy atom. The summed E-state index contributed by atoms with van der Waals surface area (Å²) in [5.41, 5.74) is 2.08. The maximum Gasteiger partial charge on any atom is 0.243 e. The number of fused-ring (bicyclic) bond motifs is 3. The predicted molar refractivity (Wildman–Crippen MR) is 83.6 cm³/mol. The molecule has 1 aromatic carbocycles. The number of nitrogens with zero attached hydrogens (tertiary/aromatic N) is 2. The number of carbonyl (C=O) groups excluding carboxylic acids is 2. The minimum atomic E-state index is 0.0644. The molecule has 5 heteroatoms. The van der Waals surface area contributed by atoms with E-state index in [0.717, 1.165) is 43.6 Å². The van der Waals surface area contributed by atoms with Gasteiger partial charge in [0.05, 0.1) is 0 Å². The van der Waals surface area contributed by atoms with Crippen molar-refractivity contribution in [1.82, 2.24) is 10.2 Å². The van der Waals surface area contributed by atoms with Crippen LogP contribution >= 0.6 is 0 Å². The molecule has 2 fully saturated rings. The lowest BCUT2D eigenvalue weighted by molar-refractivity contribution is -0.134. The van der Waals surface area contributed by atoms with Crippen molar-refractivity contribution in [2.24, 2.45) is 0 Å².